The summed E-state index contributed by atoms with van der Waals surface area (Å²) in [5.41, 5.74) is 1.08. The van der Waals surface area contributed by atoms with Gasteiger partial charge in [0.05, 0.1) is 6.54 Å². The van der Waals surface area contributed by atoms with Crippen LogP contribution in [0, 0.1) is 0 Å². The Morgan fingerprint density at radius 3 is 2.80 bits per heavy atom. The number of benzene rings is 1. The van der Waals surface area contributed by atoms with Gasteiger partial charge < -0.3 is 10.2 Å². The normalized spacial score (nSPS) is 16.1. The number of amides is 1. The van der Waals surface area contributed by atoms with Gasteiger partial charge in [-0.3, -0.25) is 9.69 Å². The van der Waals surface area contributed by atoms with Crippen LogP contribution in [0.3, 0.4) is 0 Å². The first-order chi connectivity index (χ1) is 9.69. The Hall–Kier alpha value is -1.10. The highest BCUT2D eigenvalue weighted by molar-refractivity contribution is 6.30. The minimum absolute atomic E-state index is 0.189. The topological polar surface area (TPSA) is 35.6 Å². The standard InChI is InChI=1S/C15H22ClN3O/c1-2-19(11-13-4-3-5-14(16)10-13)15(20)12-18-8-6-17-7-9-18/h3-5,10,17H,2,6-9,11-12H2,1H3. The molecule has 1 heterocycles. The van der Waals surface area contributed by atoms with Crippen LogP contribution in [0.15, 0.2) is 24.3 Å². The number of piperazine rings is 1. The van der Waals surface area contributed by atoms with E-state index < -0.39 is 0 Å². The van der Waals surface area contributed by atoms with Crippen LogP contribution in [-0.2, 0) is 11.3 Å². The molecule has 0 unspecified atom stereocenters. The first kappa shape index (κ1) is 15.3. The molecule has 0 radical (unpaired) electrons. The number of rotatable bonds is 5. The molecule has 4 nitrogen and oxygen atoms in total. The Kier molecular flexibility index (Phi) is 5.83. The second-order valence-corrected chi connectivity index (χ2v) is 5.50. The molecule has 0 aromatic heterocycles. The van der Waals surface area contributed by atoms with Crippen molar-refractivity contribution in [1.82, 2.24) is 15.1 Å². The molecule has 1 fully saturated rings. The molecule has 0 bridgehead atoms. The summed E-state index contributed by atoms with van der Waals surface area (Å²) in [6.07, 6.45) is 0. The molecule has 0 aliphatic carbocycles. The monoisotopic (exact) mass is 295 g/mol. The number of nitrogens with zero attached hydrogens (tertiary/aromatic N) is 2. The summed E-state index contributed by atoms with van der Waals surface area (Å²) in [5, 5.41) is 4.01. The summed E-state index contributed by atoms with van der Waals surface area (Å²) in [4.78, 5) is 16.5. The highest BCUT2D eigenvalue weighted by atomic mass is 35.5. The second-order valence-electron chi connectivity index (χ2n) is 5.06. The third-order valence-corrected chi connectivity index (χ3v) is 3.80. The van der Waals surface area contributed by atoms with Crippen molar-refractivity contribution < 1.29 is 4.79 Å². The van der Waals surface area contributed by atoms with E-state index in [4.69, 9.17) is 11.6 Å². The average molecular weight is 296 g/mol. The van der Waals surface area contributed by atoms with Gasteiger partial charge in [-0.1, -0.05) is 23.7 Å². The molecule has 0 atom stereocenters. The van der Waals surface area contributed by atoms with Crippen LogP contribution in [0.1, 0.15) is 12.5 Å². The van der Waals surface area contributed by atoms with Crippen LogP contribution < -0.4 is 5.32 Å². The van der Waals surface area contributed by atoms with Gasteiger partial charge in [0.25, 0.3) is 0 Å². The molecule has 110 valence electrons. The summed E-state index contributed by atoms with van der Waals surface area (Å²) in [6, 6.07) is 7.70. The Labute approximate surface area is 125 Å². The van der Waals surface area contributed by atoms with Crippen molar-refractivity contribution in [3.05, 3.63) is 34.9 Å². The van der Waals surface area contributed by atoms with Gasteiger partial charge in [-0.05, 0) is 24.6 Å². The van der Waals surface area contributed by atoms with Crippen molar-refractivity contribution in [2.24, 2.45) is 0 Å². The predicted molar refractivity (Wildman–Crippen MR) is 81.9 cm³/mol. The Bertz CT molecular complexity index is 446. The maximum atomic E-state index is 12.4. The fourth-order valence-electron chi connectivity index (χ4n) is 2.39. The van der Waals surface area contributed by atoms with Crippen molar-refractivity contribution >= 4 is 17.5 Å². The van der Waals surface area contributed by atoms with E-state index in [1.54, 1.807) is 0 Å². The Morgan fingerprint density at radius 2 is 2.15 bits per heavy atom. The van der Waals surface area contributed by atoms with Gasteiger partial charge in [0.15, 0.2) is 0 Å². The van der Waals surface area contributed by atoms with Crippen molar-refractivity contribution in [1.29, 1.82) is 0 Å². The molecule has 1 aliphatic heterocycles. The molecule has 0 spiro atoms. The van der Waals surface area contributed by atoms with Crippen molar-refractivity contribution in [2.75, 3.05) is 39.3 Å². The fourth-order valence-corrected chi connectivity index (χ4v) is 2.61. The van der Waals surface area contributed by atoms with E-state index in [-0.39, 0.29) is 5.91 Å². The molecular formula is C15H22ClN3O. The average Bonchev–Trinajstić information content (AvgIpc) is 2.46. The smallest absolute Gasteiger partial charge is 0.237 e. The van der Waals surface area contributed by atoms with E-state index in [0.717, 1.165) is 38.3 Å². The van der Waals surface area contributed by atoms with Crippen LogP contribution >= 0.6 is 11.6 Å². The van der Waals surface area contributed by atoms with Crippen LogP contribution in [0.4, 0.5) is 0 Å². The number of nitrogens with one attached hydrogen (secondary N) is 1. The van der Waals surface area contributed by atoms with E-state index >= 15 is 0 Å². The first-order valence-corrected chi connectivity index (χ1v) is 7.52. The Morgan fingerprint density at radius 1 is 1.40 bits per heavy atom. The molecule has 1 aromatic rings. The van der Waals surface area contributed by atoms with Gasteiger partial charge in [0.2, 0.25) is 5.91 Å². The zero-order valence-electron chi connectivity index (χ0n) is 11.9. The largest absolute Gasteiger partial charge is 0.338 e. The molecule has 1 N–H and O–H groups in total. The van der Waals surface area contributed by atoms with E-state index in [1.165, 1.54) is 0 Å². The summed E-state index contributed by atoms with van der Waals surface area (Å²) < 4.78 is 0. The maximum absolute atomic E-state index is 12.4. The quantitative estimate of drug-likeness (QED) is 0.896. The fraction of sp³-hybridized carbons (Fsp3) is 0.533. The number of halogens is 1. The zero-order valence-corrected chi connectivity index (χ0v) is 12.7. The van der Waals surface area contributed by atoms with E-state index in [1.807, 2.05) is 36.1 Å². The highest BCUT2D eigenvalue weighted by Crippen LogP contribution is 2.13. The number of likely N-dealkylation sites (N-methyl/N-ethyl adjacent to an activating group) is 1. The van der Waals surface area contributed by atoms with Gasteiger partial charge in [-0.25, -0.2) is 0 Å². The third-order valence-electron chi connectivity index (χ3n) is 3.57. The number of hydrogen-bond acceptors (Lipinski definition) is 3. The minimum Gasteiger partial charge on any atom is -0.338 e. The predicted octanol–water partition coefficient (Wildman–Crippen LogP) is 1.59. The summed E-state index contributed by atoms with van der Waals surface area (Å²) in [5.74, 6) is 0.189. The van der Waals surface area contributed by atoms with Gasteiger partial charge in [-0.2, -0.15) is 0 Å². The van der Waals surface area contributed by atoms with E-state index in [0.29, 0.717) is 18.1 Å². The highest BCUT2D eigenvalue weighted by Gasteiger charge is 2.18. The summed E-state index contributed by atoms with van der Waals surface area (Å²) in [6.45, 7) is 7.69. The third kappa shape index (κ3) is 4.47. The van der Waals surface area contributed by atoms with Crippen LogP contribution in [0.2, 0.25) is 5.02 Å². The lowest BCUT2D eigenvalue weighted by Crippen LogP contribution is -2.48. The summed E-state index contributed by atoms with van der Waals surface area (Å²) in [7, 11) is 0. The van der Waals surface area contributed by atoms with Crippen LogP contribution in [0.25, 0.3) is 0 Å². The SMILES string of the molecule is CCN(Cc1cccc(Cl)c1)C(=O)CN1CCNCC1. The van der Waals surface area contributed by atoms with Gasteiger partial charge in [-0.15, -0.1) is 0 Å². The zero-order chi connectivity index (χ0) is 14.4. The molecule has 2 rings (SSSR count). The molecule has 20 heavy (non-hydrogen) atoms. The van der Waals surface area contributed by atoms with Crippen molar-refractivity contribution in [3.8, 4) is 0 Å². The maximum Gasteiger partial charge on any atom is 0.237 e. The van der Waals surface area contributed by atoms with Crippen LogP contribution in [-0.4, -0.2) is 55.0 Å². The lowest BCUT2D eigenvalue weighted by Gasteiger charge is -2.29. The molecule has 1 aromatic carbocycles. The van der Waals surface area contributed by atoms with Crippen molar-refractivity contribution in [2.45, 2.75) is 13.5 Å². The number of carbonyl (C=O) groups is 1. The molecule has 1 aliphatic rings. The second kappa shape index (κ2) is 7.62. The summed E-state index contributed by atoms with van der Waals surface area (Å²) >= 11 is 5.99. The van der Waals surface area contributed by atoms with Gasteiger partial charge in [0.1, 0.15) is 0 Å². The molecular weight excluding hydrogens is 274 g/mol. The Balaban J connectivity index is 1.91. The van der Waals surface area contributed by atoms with Crippen LogP contribution in [0.5, 0.6) is 0 Å². The van der Waals surface area contributed by atoms with Gasteiger partial charge >= 0.3 is 0 Å². The molecule has 5 heteroatoms. The molecule has 0 saturated carbocycles. The first-order valence-electron chi connectivity index (χ1n) is 7.14. The lowest BCUT2D eigenvalue weighted by molar-refractivity contribution is -0.133. The lowest BCUT2D eigenvalue weighted by atomic mass is 10.2. The number of hydrogen-bond donors (Lipinski definition) is 1. The van der Waals surface area contributed by atoms with Gasteiger partial charge in [0, 0.05) is 44.3 Å². The number of carbonyl (C=O) groups excluding carboxylic acids is 1. The minimum atomic E-state index is 0.189. The molecule has 1 saturated heterocycles. The van der Waals surface area contributed by atoms with E-state index in [2.05, 4.69) is 10.2 Å². The molecule has 1 amide bonds. The van der Waals surface area contributed by atoms with E-state index in [9.17, 15) is 4.79 Å². The van der Waals surface area contributed by atoms with Crippen molar-refractivity contribution in [3.63, 3.8) is 0 Å².